The third-order valence-electron chi connectivity index (χ3n) is 1.80. The molecule has 1 atom stereocenters. The Morgan fingerprint density at radius 2 is 1.93 bits per heavy atom. The number of nitrogens with one attached hydrogen (secondary N) is 2. The summed E-state index contributed by atoms with van der Waals surface area (Å²) < 4.78 is 0. The molecule has 14 heavy (non-hydrogen) atoms. The van der Waals surface area contributed by atoms with Gasteiger partial charge in [0.1, 0.15) is 0 Å². The maximum absolute atomic E-state index is 11.2. The molecule has 6 heteroatoms. The zero-order valence-corrected chi connectivity index (χ0v) is 8.29. The monoisotopic (exact) mass is 201 g/mol. The first kappa shape index (κ1) is 12.4. The van der Waals surface area contributed by atoms with E-state index < -0.39 is 17.9 Å². The first-order valence-corrected chi connectivity index (χ1v) is 4.32. The fraction of sp³-hybridized carbons (Fsp3) is 0.625. The SMILES string of the molecule is CC[C@H](CC(=O)NC(N)=O)C(=O)NC. The first-order chi connectivity index (χ1) is 6.51. The van der Waals surface area contributed by atoms with Gasteiger partial charge in [0, 0.05) is 19.4 Å². The van der Waals surface area contributed by atoms with Gasteiger partial charge < -0.3 is 11.1 Å². The van der Waals surface area contributed by atoms with Gasteiger partial charge >= 0.3 is 6.03 Å². The molecule has 6 nitrogen and oxygen atoms in total. The number of nitrogens with two attached hydrogens (primary N) is 1. The van der Waals surface area contributed by atoms with Crippen LogP contribution in [0, 0.1) is 5.92 Å². The quantitative estimate of drug-likeness (QED) is 0.563. The Labute approximate surface area is 82.2 Å². The molecule has 0 saturated heterocycles. The van der Waals surface area contributed by atoms with Crippen LogP contribution in [-0.4, -0.2) is 24.9 Å². The molecule has 0 rings (SSSR count). The predicted octanol–water partition coefficient (Wildman–Crippen LogP) is -0.656. The van der Waals surface area contributed by atoms with Crippen molar-refractivity contribution in [2.24, 2.45) is 11.7 Å². The third kappa shape index (κ3) is 4.44. The van der Waals surface area contributed by atoms with E-state index in [1.807, 2.05) is 5.32 Å². The minimum absolute atomic E-state index is 0.0287. The minimum atomic E-state index is -0.901. The smallest absolute Gasteiger partial charge is 0.318 e. The van der Waals surface area contributed by atoms with Gasteiger partial charge in [-0.25, -0.2) is 4.79 Å². The highest BCUT2D eigenvalue weighted by Gasteiger charge is 2.19. The second-order valence-corrected chi connectivity index (χ2v) is 2.84. The van der Waals surface area contributed by atoms with Gasteiger partial charge in [-0.3, -0.25) is 14.9 Å². The zero-order valence-electron chi connectivity index (χ0n) is 8.29. The molecule has 0 aromatic heterocycles. The van der Waals surface area contributed by atoms with E-state index in [9.17, 15) is 14.4 Å². The molecule has 0 aliphatic carbocycles. The van der Waals surface area contributed by atoms with Crippen molar-refractivity contribution < 1.29 is 14.4 Å². The number of primary amides is 1. The molecule has 0 aromatic carbocycles. The second-order valence-electron chi connectivity index (χ2n) is 2.84. The highest BCUT2D eigenvalue weighted by atomic mass is 16.2. The van der Waals surface area contributed by atoms with Crippen molar-refractivity contribution in [3.05, 3.63) is 0 Å². The van der Waals surface area contributed by atoms with E-state index >= 15 is 0 Å². The van der Waals surface area contributed by atoms with Crippen molar-refractivity contribution in [2.75, 3.05) is 7.05 Å². The number of carbonyl (C=O) groups is 3. The highest BCUT2D eigenvalue weighted by molar-refractivity contribution is 5.95. The van der Waals surface area contributed by atoms with Gasteiger partial charge in [0.15, 0.2) is 0 Å². The summed E-state index contributed by atoms with van der Waals surface area (Å²) in [7, 11) is 1.50. The lowest BCUT2D eigenvalue weighted by atomic mass is 10.0. The molecule has 0 aromatic rings. The maximum atomic E-state index is 11.2. The van der Waals surface area contributed by atoms with E-state index in [1.165, 1.54) is 7.05 Å². The number of hydrogen-bond donors (Lipinski definition) is 3. The Kier molecular flexibility index (Phi) is 5.28. The van der Waals surface area contributed by atoms with E-state index in [1.54, 1.807) is 6.92 Å². The number of urea groups is 1. The molecule has 0 unspecified atom stereocenters. The topological polar surface area (TPSA) is 101 Å². The number of hydrogen-bond acceptors (Lipinski definition) is 3. The van der Waals surface area contributed by atoms with E-state index in [-0.39, 0.29) is 12.3 Å². The summed E-state index contributed by atoms with van der Waals surface area (Å²) in [6.07, 6.45) is 0.505. The minimum Gasteiger partial charge on any atom is -0.359 e. The van der Waals surface area contributed by atoms with Crippen LogP contribution >= 0.6 is 0 Å². The molecule has 4 amide bonds. The number of carbonyl (C=O) groups excluding carboxylic acids is 3. The molecule has 0 saturated carbocycles. The molecule has 0 aliphatic heterocycles. The van der Waals surface area contributed by atoms with E-state index in [0.29, 0.717) is 6.42 Å². The van der Waals surface area contributed by atoms with Gasteiger partial charge in [-0.1, -0.05) is 6.92 Å². The lowest BCUT2D eigenvalue weighted by Gasteiger charge is -2.11. The molecular weight excluding hydrogens is 186 g/mol. The molecule has 80 valence electrons. The normalized spacial score (nSPS) is 11.6. The fourth-order valence-electron chi connectivity index (χ4n) is 1.04. The van der Waals surface area contributed by atoms with E-state index in [4.69, 9.17) is 5.73 Å². The summed E-state index contributed by atoms with van der Waals surface area (Å²) >= 11 is 0. The van der Waals surface area contributed by atoms with Crippen molar-refractivity contribution in [3.63, 3.8) is 0 Å². The van der Waals surface area contributed by atoms with Crippen LogP contribution in [0.2, 0.25) is 0 Å². The average Bonchev–Trinajstić information content (AvgIpc) is 2.11. The van der Waals surface area contributed by atoms with Crippen LogP contribution in [0.4, 0.5) is 4.79 Å². The van der Waals surface area contributed by atoms with Crippen molar-refractivity contribution in [2.45, 2.75) is 19.8 Å². The standard InChI is InChI=1S/C8H15N3O3/c1-3-5(7(13)10-2)4-6(12)11-8(9)14/h5H,3-4H2,1-2H3,(H,10,13)(H3,9,11,12,14)/t5-/m1/s1. The summed E-state index contributed by atoms with van der Waals surface area (Å²) in [6, 6.07) is -0.901. The van der Waals surface area contributed by atoms with Crippen molar-refractivity contribution in [1.82, 2.24) is 10.6 Å². The molecule has 0 aliphatic rings. The highest BCUT2D eigenvalue weighted by Crippen LogP contribution is 2.07. The molecule has 0 radical (unpaired) electrons. The summed E-state index contributed by atoms with van der Waals surface area (Å²) in [4.78, 5) is 32.5. The third-order valence-corrected chi connectivity index (χ3v) is 1.80. The maximum Gasteiger partial charge on any atom is 0.318 e. The van der Waals surface area contributed by atoms with Gasteiger partial charge in [-0.15, -0.1) is 0 Å². The fourth-order valence-corrected chi connectivity index (χ4v) is 1.04. The van der Waals surface area contributed by atoms with Gasteiger partial charge in [0.2, 0.25) is 11.8 Å². The number of amides is 4. The lowest BCUT2D eigenvalue weighted by Crippen LogP contribution is -2.38. The summed E-state index contributed by atoms with van der Waals surface area (Å²) in [5, 5.41) is 4.35. The van der Waals surface area contributed by atoms with Crippen LogP contribution in [0.3, 0.4) is 0 Å². The molecule has 0 heterocycles. The molecule has 0 bridgehead atoms. The summed E-state index contributed by atoms with van der Waals surface area (Å²) in [6.45, 7) is 1.79. The average molecular weight is 201 g/mol. The Morgan fingerprint density at radius 3 is 2.29 bits per heavy atom. The van der Waals surface area contributed by atoms with E-state index in [2.05, 4.69) is 5.32 Å². The van der Waals surface area contributed by atoms with Gasteiger partial charge in [-0.05, 0) is 6.42 Å². The van der Waals surface area contributed by atoms with Crippen LogP contribution in [0.15, 0.2) is 0 Å². The first-order valence-electron chi connectivity index (χ1n) is 4.32. The Balaban J connectivity index is 4.11. The Hall–Kier alpha value is -1.59. The lowest BCUT2D eigenvalue weighted by molar-refractivity contribution is -0.129. The van der Waals surface area contributed by atoms with Crippen molar-refractivity contribution in [3.8, 4) is 0 Å². The molecular formula is C8H15N3O3. The molecule has 0 spiro atoms. The predicted molar refractivity (Wildman–Crippen MR) is 50.2 cm³/mol. The van der Waals surface area contributed by atoms with Crippen LogP contribution in [0.5, 0.6) is 0 Å². The van der Waals surface area contributed by atoms with Gasteiger partial charge in [0.05, 0.1) is 0 Å². The van der Waals surface area contributed by atoms with Crippen molar-refractivity contribution >= 4 is 17.8 Å². The summed E-state index contributed by atoms with van der Waals surface area (Å²) in [5.74, 6) is -1.17. The van der Waals surface area contributed by atoms with E-state index in [0.717, 1.165) is 0 Å². The number of rotatable bonds is 4. The van der Waals surface area contributed by atoms with Crippen LogP contribution in [-0.2, 0) is 9.59 Å². The van der Waals surface area contributed by atoms with Crippen LogP contribution in [0.1, 0.15) is 19.8 Å². The number of imide groups is 1. The van der Waals surface area contributed by atoms with Crippen molar-refractivity contribution in [1.29, 1.82) is 0 Å². The summed E-state index contributed by atoms with van der Waals surface area (Å²) in [5.41, 5.74) is 4.75. The van der Waals surface area contributed by atoms with Gasteiger partial charge in [-0.2, -0.15) is 0 Å². The molecule has 0 fully saturated rings. The zero-order chi connectivity index (χ0) is 11.1. The molecule has 4 N–H and O–H groups in total. The Morgan fingerprint density at radius 1 is 1.36 bits per heavy atom. The van der Waals surface area contributed by atoms with Crippen LogP contribution < -0.4 is 16.4 Å². The van der Waals surface area contributed by atoms with Gasteiger partial charge in [0.25, 0.3) is 0 Å². The largest absolute Gasteiger partial charge is 0.359 e. The van der Waals surface area contributed by atoms with Crippen LogP contribution in [0.25, 0.3) is 0 Å². The Bertz CT molecular complexity index is 240. The second kappa shape index (κ2) is 5.95.